The molecule has 7 nitrogen and oxygen atoms in total. The van der Waals surface area contributed by atoms with Crippen molar-refractivity contribution >= 4 is 34.9 Å². The van der Waals surface area contributed by atoms with Gasteiger partial charge in [-0.25, -0.2) is 4.39 Å². The van der Waals surface area contributed by atoms with Crippen molar-refractivity contribution < 1.29 is 13.7 Å². The molecule has 0 radical (unpaired) electrons. The predicted molar refractivity (Wildman–Crippen MR) is 132 cm³/mol. The molecular weight excluding hydrogens is 433 g/mol. The second kappa shape index (κ2) is 7.91. The zero-order chi connectivity index (χ0) is 23.4. The van der Waals surface area contributed by atoms with Gasteiger partial charge in [0.25, 0.3) is 0 Å². The number of hydrogen-bond donors (Lipinski definition) is 0. The van der Waals surface area contributed by atoms with E-state index in [0.29, 0.717) is 43.1 Å². The average molecular weight is 462 g/mol. The maximum Gasteiger partial charge on any atom is 0.206 e. The number of morpholine rings is 1. The number of fused-ring (bicyclic) bond motifs is 5. The van der Waals surface area contributed by atoms with Crippen LogP contribution in [0.2, 0.25) is 0 Å². The highest BCUT2D eigenvalue weighted by Crippen LogP contribution is 2.48. The lowest BCUT2D eigenvalue weighted by atomic mass is 9.69. The quantitative estimate of drug-likeness (QED) is 0.584. The number of rotatable bonds is 3. The summed E-state index contributed by atoms with van der Waals surface area (Å²) in [4.78, 5) is 13.1. The number of ether oxygens (including phenoxy) is 1. The Morgan fingerprint density at radius 3 is 2.71 bits per heavy atom. The molecule has 3 atom stereocenters. The van der Waals surface area contributed by atoms with E-state index in [4.69, 9.17) is 9.26 Å². The van der Waals surface area contributed by atoms with E-state index < -0.39 is 5.41 Å². The van der Waals surface area contributed by atoms with Crippen molar-refractivity contribution in [3.05, 3.63) is 53.3 Å². The third-order valence-electron chi connectivity index (χ3n) is 7.21. The lowest BCUT2D eigenvalue weighted by Crippen LogP contribution is -2.65. The summed E-state index contributed by atoms with van der Waals surface area (Å²) in [6.07, 6.45) is 4.45. The maximum atomic E-state index is 16.1. The van der Waals surface area contributed by atoms with Crippen LogP contribution in [0, 0.1) is 11.2 Å². The van der Waals surface area contributed by atoms with E-state index in [1.807, 2.05) is 55.6 Å². The van der Waals surface area contributed by atoms with Crippen LogP contribution < -0.4 is 9.80 Å². The molecule has 0 amide bonds. The van der Waals surface area contributed by atoms with Crippen LogP contribution in [0.3, 0.4) is 0 Å². The van der Waals surface area contributed by atoms with Gasteiger partial charge in [-0.05, 0) is 37.5 Å². The summed E-state index contributed by atoms with van der Waals surface area (Å²) in [6.45, 7) is 5.74. The van der Waals surface area contributed by atoms with Gasteiger partial charge in [-0.1, -0.05) is 35.5 Å². The van der Waals surface area contributed by atoms with E-state index in [1.54, 1.807) is 0 Å². The van der Waals surface area contributed by atoms with Crippen molar-refractivity contribution in [2.75, 3.05) is 30.1 Å². The van der Waals surface area contributed by atoms with Crippen molar-refractivity contribution in [1.29, 1.82) is 0 Å². The first-order valence-corrected chi connectivity index (χ1v) is 11.8. The van der Waals surface area contributed by atoms with Gasteiger partial charge >= 0.3 is 0 Å². The smallest absolute Gasteiger partial charge is 0.206 e. The number of hydrogen-bond acceptors (Lipinski definition) is 7. The minimum absolute atomic E-state index is 0.0240. The van der Waals surface area contributed by atoms with Gasteiger partial charge in [0.05, 0.1) is 34.7 Å². The summed E-state index contributed by atoms with van der Waals surface area (Å²) in [5.74, 6) is 0.275. The average Bonchev–Trinajstić information content (AvgIpc) is 3.24. The molecule has 0 bridgehead atoms. The van der Waals surface area contributed by atoms with Gasteiger partial charge in [0.1, 0.15) is 6.67 Å². The number of benzene rings is 2. The van der Waals surface area contributed by atoms with Gasteiger partial charge in [-0.15, -0.1) is 0 Å². The minimum atomic E-state index is -0.446. The highest BCUT2D eigenvalue weighted by atomic mass is 19.1. The molecule has 3 aliphatic heterocycles. The Morgan fingerprint density at radius 2 is 1.94 bits per heavy atom. The van der Waals surface area contributed by atoms with Crippen LogP contribution in [0.25, 0.3) is 11.0 Å². The van der Waals surface area contributed by atoms with E-state index in [-0.39, 0.29) is 29.7 Å². The van der Waals surface area contributed by atoms with Crippen molar-refractivity contribution in [2.24, 2.45) is 15.4 Å². The van der Waals surface area contributed by atoms with Gasteiger partial charge in [0.2, 0.25) is 5.58 Å². The van der Waals surface area contributed by atoms with Crippen LogP contribution in [0.15, 0.2) is 50.9 Å². The summed E-state index contributed by atoms with van der Waals surface area (Å²) < 4.78 is 27.9. The molecule has 0 saturated carbocycles. The first kappa shape index (κ1) is 21.3. The second-order valence-corrected chi connectivity index (χ2v) is 9.73. The lowest BCUT2D eigenvalue weighted by molar-refractivity contribution is -0.0432. The topological polar surface area (TPSA) is 66.5 Å². The third kappa shape index (κ3) is 3.23. The zero-order valence-electron chi connectivity index (χ0n) is 19.6. The molecule has 176 valence electrons. The van der Waals surface area contributed by atoms with Gasteiger partial charge in [-0.2, -0.15) is 0 Å². The Bertz CT molecular complexity index is 1280. The molecule has 2 aromatic carbocycles. The van der Waals surface area contributed by atoms with Crippen molar-refractivity contribution in [3.63, 3.8) is 0 Å². The molecule has 0 unspecified atom stereocenters. The van der Waals surface area contributed by atoms with E-state index in [2.05, 4.69) is 39.1 Å². The second-order valence-electron chi connectivity index (χ2n) is 9.73. The van der Waals surface area contributed by atoms with E-state index in [1.165, 1.54) is 0 Å². The predicted octanol–water partition coefficient (Wildman–Crippen LogP) is 4.24. The highest BCUT2D eigenvalue weighted by molar-refractivity contribution is 5.97. The fourth-order valence-corrected chi connectivity index (χ4v) is 5.99. The molecule has 1 spiro atoms. The molecule has 4 heterocycles. The Hall–Kier alpha value is -3.26. The Labute approximate surface area is 197 Å². The van der Waals surface area contributed by atoms with Gasteiger partial charge < -0.3 is 19.1 Å². The van der Waals surface area contributed by atoms with Crippen molar-refractivity contribution in [2.45, 2.75) is 45.1 Å². The molecular formula is C26H28FN5O2. The number of aliphatic imine (C=N–C) groups is 2. The van der Waals surface area contributed by atoms with Crippen molar-refractivity contribution in [3.8, 4) is 0 Å². The highest BCUT2D eigenvalue weighted by Gasteiger charge is 2.52. The maximum absolute atomic E-state index is 16.1. The standard InChI is InChI=1S/C26H28FN5O2/c1-16-11-32-22-19(10-26(13-28-15-29-14-26)24(32)17(2)33-16)9-20-23(21(22)27)34-30-25(20)31(3)12-18-7-5-4-6-8-18/h4-9,13-14,16-17,24H,10-12,15H2,1-3H3/t16-,17+,24-/m1/s1. The first-order valence-electron chi connectivity index (χ1n) is 11.8. The van der Waals surface area contributed by atoms with Gasteiger partial charge in [0.15, 0.2) is 11.6 Å². The van der Waals surface area contributed by atoms with E-state index in [9.17, 15) is 0 Å². The van der Waals surface area contributed by atoms with Crippen LogP contribution in [-0.2, 0) is 17.7 Å². The SMILES string of the molecule is C[C@@H]1CN2c3c(cc4c(N(C)Cc5ccccc5)noc4c3F)CC3(C=NCN=C3)[C@H]2[C@H](C)O1. The van der Waals surface area contributed by atoms with E-state index >= 15 is 4.39 Å². The van der Waals surface area contributed by atoms with Crippen molar-refractivity contribution in [1.82, 2.24) is 5.16 Å². The van der Waals surface area contributed by atoms with Crippen LogP contribution in [0.4, 0.5) is 15.9 Å². The van der Waals surface area contributed by atoms with E-state index in [0.717, 1.165) is 11.1 Å². The van der Waals surface area contributed by atoms with Crippen LogP contribution in [-0.4, -0.2) is 56.1 Å². The largest absolute Gasteiger partial charge is 0.372 e. The Morgan fingerprint density at radius 1 is 1.18 bits per heavy atom. The normalized spacial score (nSPS) is 24.9. The zero-order valence-corrected chi connectivity index (χ0v) is 19.6. The number of anilines is 2. The van der Waals surface area contributed by atoms with Gasteiger partial charge in [-0.3, -0.25) is 9.98 Å². The van der Waals surface area contributed by atoms with Gasteiger partial charge in [0, 0.05) is 32.6 Å². The van der Waals surface area contributed by atoms with Crippen LogP contribution >= 0.6 is 0 Å². The third-order valence-corrected chi connectivity index (χ3v) is 7.21. The monoisotopic (exact) mass is 461 g/mol. The molecule has 34 heavy (non-hydrogen) atoms. The summed E-state index contributed by atoms with van der Waals surface area (Å²) in [5, 5.41) is 4.96. The molecule has 6 rings (SSSR count). The molecule has 1 fully saturated rings. The fourth-order valence-electron chi connectivity index (χ4n) is 5.99. The Kier molecular flexibility index (Phi) is 4.95. The van der Waals surface area contributed by atoms with Crippen LogP contribution in [0.1, 0.15) is 25.0 Å². The molecule has 3 aromatic rings. The molecule has 0 aliphatic carbocycles. The van der Waals surface area contributed by atoms with Crippen LogP contribution in [0.5, 0.6) is 0 Å². The molecule has 0 N–H and O–H groups in total. The molecule has 1 aromatic heterocycles. The fraction of sp³-hybridized carbons (Fsp3) is 0.423. The summed E-state index contributed by atoms with van der Waals surface area (Å²) in [5.41, 5.74) is 2.40. The lowest BCUT2D eigenvalue weighted by Gasteiger charge is -2.54. The Balaban J connectivity index is 1.48. The molecule has 3 aliphatic rings. The molecule has 1 saturated heterocycles. The number of aromatic nitrogens is 1. The minimum Gasteiger partial charge on any atom is -0.372 e. The first-order chi connectivity index (χ1) is 16.5. The summed E-state index contributed by atoms with van der Waals surface area (Å²) >= 11 is 0. The number of halogens is 1. The summed E-state index contributed by atoms with van der Waals surface area (Å²) in [6, 6.07) is 12.1. The number of nitrogens with zero attached hydrogens (tertiary/aromatic N) is 5. The molecule has 8 heteroatoms. The summed E-state index contributed by atoms with van der Waals surface area (Å²) in [7, 11) is 1.95.